The summed E-state index contributed by atoms with van der Waals surface area (Å²) in [6.07, 6.45) is 4.30. The molecule has 0 aliphatic heterocycles. The number of benzene rings is 1. The van der Waals surface area contributed by atoms with E-state index in [0.29, 0.717) is 28.1 Å². The Labute approximate surface area is 138 Å². The molecule has 0 aliphatic carbocycles. The summed E-state index contributed by atoms with van der Waals surface area (Å²) in [5.41, 5.74) is 0.638. The molecule has 1 rings (SSSR count). The molecular formula is C15H23Cl2NO2S. The Morgan fingerprint density at radius 3 is 2.48 bits per heavy atom. The quantitative estimate of drug-likeness (QED) is 0.704. The third kappa shape index (κ3) is 7.00. The molecule has 1 unspecified atom stereocenters. The van der Waals surface area contributed by atoms with Crippen molar-refractivity contribution in [3.05, 3.63) is 33.8 Å². The highest BCUT2D eigenvalue weighted by molar-refractivity contribution is 7.88. The zero-order chi connectivity index (χ0) is 15.9. The number of unbranched alkanes of at least 4 members (excludes halogenated alkanes) is 1. The van der Waals surface area contributed by atoms with Crippen LogP contribution in [0.5, 0.6) is 0 Å². The highest BCUT2D eigenvalue weighted by Gasteiger charge is 2.15. The number of halogens is 2. The number of hydrogen-bond acceptors (Lipinski definition) is 2. The lowest BCUT2D eigenvalue weighted by Gasteiger charge is -2.15. The molecule has 21 heavy (non-hydrogen) atoms. The van der Waals surface area contributed by atoms with E-state index in [9.17, 15) is 8.42 Å². The molecule has 0 amide bonds. The summed E-state index contributed by atoms with van der Waals surface area (Å²) in [7, 11) is -3.35. The van der Waals surface area contributed by atoms with Crippen molar-refractivity contribution in [3.8, 4) is 0 Å². The van der Waals surface area contributed by atoms with Crippen LogP contribution in [0.3, 0.4) is 0 Å². The van der Waals surface area contributed by atoms with Crippen molar-refractivity contribution in [1.29, 1.82) is 0 Å². The minimum atomic E-state index is -3.35. The second-order valence-electron chi connectivity index (χ2n) is 5.27. The van der Waals surface area contributed by atoms with Gasteiger partial charge in [-0.25, -0.2) is 13.1 Å². The van der Waals surface area contributed by atoms with Crippen LogP contribution in [0.4, 0.5) is 0 Å². The average molecular weight is 352 g/mol. The van der Waals surface area contributed by atoms with Crippen LogP contribution in [0.1, 0.15) is 45.1 Å². The Balaban J connectivity index is 2.58. The van der Waals surface area contributed by atoms with Gasteiger partial charge >= 0.3 is 0 Å². The molecule has 120 valence electrons. The van der Waals surface area contributed by atoms with Crippen molar-refractivity contribution < 1.29 is 8.42 Å². The molecule has 1 aromatic carbocycles. The summed E-state index contributed by atoms with van der Waals surface area (Å²) in [5.74, 6) is 0.321. The van der Waals surface area contributed by atoms with Gasteiger partial charge in [0.2, 0.25) is 10.0 Å². The fourth-order valence-electron chi connectivity index (χ4n) is 2.09. The second-order valence-corrected chi connectivity index (χ2v) is 7.89. The van der Waals surface area contributed by atoms with E-state index in [4.69, 9.17) is 23.2 Å². The van der Waals surface area contributed by atoms with Crippen molar-refractivity contribution in [2.24, 2.45) is 5.92 Å². The lowest BCUT2D eigenvalue weighted by Crippen LogP contribution is -2.30. The van der Waals surface area contributed by atoms with Gasteiger partial charge in [0.05, 0.1) is 15.8 Å². The predicted octanol–water partition coefficient (Wildman–Crippen LogP) is 4.63. The lowest BCUT2D eigenvalue weighted by molar-refractivity contribution is 0.443. The monoisotopic (exact) mass is 351 g/mol. The largest absolute Gasteiger partial charge is 0.215 e. The van der Waals surface area contributed by atoms with E-state index in [-0.39, 0.29) is 5.75 Å². The number of rotatable bonds is 9. The van der Waals surface area contributed by atoms with Crippen molar-refractivity contribution >= 4 is 33.2 Å². The van der Waals surface area contributed by atoms with E-state index in [1.165, 1.54) is 0 Å². The molecule has 6 heteroatoms. The van der Waals surface area contributed by atoms with Crippen LogP contribution in [-0.4, -0.2) is 15.0 Å². The second kappa shape index (κ2) is 8.99. The third-order valence-electron chi connectivity index (χ3n) is 3.48. The van der Waals surface area contributed by atoms with Crippen LogP contribution >= 0.6 is 23.2 Å². The summed E-state index contributed by atoms with van der Waals surface area (Å²) < 4.78 is 26.9. The van der Waals surface area contributed by atoms with E-state index in [1.54, 1.807) is 18.2 Å². The Bertz CT molecular complexity index is 547. The van der Waals surface area contributed by atoms with E-state index >= 15 is 0 Å². The van der Waals surface area contributed by atoms with Crippen molar-refractivity contribution in [2.75, 3.05) is 6.54 Å². The summed E-state index contributed by atoms with van der Waals surface area (Å²) in [6.45, 7) is 4.73. The molecule has 0 fully saturated rings. The molecule has 0 heterocycles. The van der Waals surface area contributed by atoms with Crippen LogP contribution < -0.4 is 4.72 Å². The molecule has 0 aliphatic rings. The standard InChI is InChI=1S/C15H23Cl2NO2S/c1-3-5-6-12(4-2)10-18-21(19,20)11-13-7-8-14(16)15(17)9-13/h7-9,12,18H,3-6,10-11H2,1-2H3. The molecule has 1 aromatic rings. The smallest absolute Gasteiger partial charge is 0.215 e. The minimum absolute atomic E-state index is 0.0753. The van der Waals surface area contributed by atoms with Gasteiger partial charge in [-0.1, -0.05) is 62.4 Å². The number of hydrogen-bond donors (Lipinski definition) is 1. The van der Waals surface area contributed by atoms with Crippen LogP contribution in [0.25, 0.3) is 0 Å². The summed E-state index contributed by atoms with van der Waals surface area (Å²) in [6, 6.07) is 4.89. The van der Waals surface area contributed by atoms with E-state index < -0.39 is 10.0 Å². The van der Waals surface area contributed by atoms with Gasteiger partial charge in [0, 0.05) is 6.54 Å². The van der Waals surface area contributed by atoms with Gasteiger partial charge in [0.1, 0.15) is 0 Å². The fraction of sp³-hybridized carbons (Fsp3) is 0.600. The predicted molar refractivity (Wildman–Crippen MR) is 90.4 cm³/mol. The molecule has 0 saturated heterocycles. The van der Waals surface area contributed by atoms with E-state index in [0.717, 1.165) is 25.7 Å². The Morgan fingerprint density at radius 2 is 1.90 bits per heavy atom. The molecule has 0 aromatic heterocycles. The van der Waals surface area contributed by atoms with E-state index in [1.807, 2.05) is 0 Å². The molecule has 0 radical (unpaired) electrons. The first-order chi connectivity index (χ1) is 9.88. The fourth-order valence-corrected chi connectivity index (χ4v) is 3.62. The van der Waals surface area contributed by atoms with Crippen LogP contribution in [0.15, 0.2) is 18.2 Å². The van der Waals surface area contributed by atoms with Gasteiger partial charge in [-0.05, 0) is 30.0 Å². The van der Waals surface area contributed by atoms with Crippen molar-refractivity contribution in [1.82, 2.24) is 4.72 Å². The molecule has 0 bridgehead atoms. The maximum absolute atomic E-state index is 12.1. The van der Waals surface area contributed by atoms with Gasteiger partial charge in [-0.3, -0.25) is 0 Å². The normalized spacial score (nSPS) is 13.3. The summed E-state index contributed by atoms with van der Waals surface area (Å²) in [5, 5.41) is 0.801. The minimum Gasteiger partial charge on any atom is -0.215 e. The molecule has 1 N–H and O–H groups in total. The topological polar surface area (TPSA) is 46.2 Å². The first-order valence-corrected chi connectivity index (χ1v) is 9.70. The highest BCUT2D eigenvalue weighted by atomic mass is 35.5. The Kier molecular flexibility index (Phi) is 8.03. The first-order valence-electron chi connectivity index (χ1n) is 7.29. The maximum Gasteiger partial charge on any atom is 0.215 e. The number of sulfonamides is 1. The van der Waals surface area contributed by atoms with Crippen LogP contribution in [0.2, 0.25) is 10.0 Å². The lowest BCUT2D eigenvalue weighted by atomic mass is 10.00. The highest BCUT2D eigenvalue weighted by Crippen LogP contribution is 2.23. The van der Waals surface area contributed by atoms with E-state index in [2.05, 4.69) is 18.6 Å². The van der Waals surface area contributed by atoms with Crippen molar-refractivity contribution in [3.63, 3.8) is 0 Å². The summed E-state index contributed by atoms with van der Waals surface area (Å²) in [4.78, 5) is 0. The molecule has 1 atom stereocenters. The molecule has 3 nitrogen and oxygen atoms in total. The van der Waals surface area contributed by atoms with Gasteiger partial charge in [-0.15, -0.1) is 0 Å². The summed E-state index contributed by atoms with van der Waals surface area (Å²) >= 11 is 11.7. The molecule has 0 spiro atoms. The third-order valence-corrected chi connectivity index (χ3v) is 5.53. The number of nitrogens with one attached hydrogen (secondary N) is 1. The molecular weight excluding hydrogens is 329 g/mol. The van der Waals surface area contributed by atoms with Gasteiger partial charge in [0.15, 0.2) is 0 Å². The maximum atomic E-state index is 12.1. The van der Waals surface area contributed by atoms with Gasteiger partial charge < -0.3 is 0 Å². The Morgan fingerprint density at radius 1 is 1.19 bits per heavy atom. The van der Waals surface area contributed by atoms with Crippen LogP contribution in [-0.2, 0) is 15.8 Å². The van der Waals surface area contributed by atoms with Crippen molar-refractivity contribution in [2.45, 2.75) is 45.3 Å². The van der Waals surface area contributed by atoms with Crippen LogP contribution in [0, 0.1) is 5.92 Å². The SMILES string of the molecule is CCCCC(CC)CNS(=O)(=O)Cc1ccc(Cl)c(Cl)c1. The zero-order valence-electron chi connectivity index (χ0n) is 12.5. The Hall–Kier alpha value is -0.290. The first kappa shape index (κ1) is 18.8. The van der Waals surface area contributed by atoms with Gasteiger partial charge in [-0.2, -0.15) is 0 Å². The zero-order valence-corrected chi connectivity index (χ0v) is 14.9. The van der Waals surface area contributed by atoms with Gasteiger partial charge in [0.25, 0.3) is 0 Å². The average Bonchev–Trinajstić information content (AvgIpc) is 2.43. The molecule has 0 saturated carbocycles.